The summed E-state index contributed by atoms with van der Waals surface area (Å²) in [5, 5.41) is 3.51. The van der Waals surface area contributed by atoms with Gasteiger partial charge in [0.15, 0.2) is 0 Å². The van der Waals surface area contributed by atoms with Crippen molar-refractivity contribution in [1.29, 1.82) is 0 Å². The van der Waals surface area contributed by atoms with Crippen LogP contribution >= 0.6 is 23.2 Å². The summed E-state index contributed by atoms with van der Waals surface area (Å²) in [6, 6.07) is 14.7. The van der Waals surface area contributed by atoms with Crippen molar-refractivity contribution in [3.8, 4) is 0 Å². The molecule has 3 amide bonds. The molecule has 3 atom stereocenters. The second kappa shape index (κ2) is 9.84. The number of piperazine rings is 1. The SMILES string of the molecule is CC(=O)N1C(=O)CC2N=C(C)C(C(=O)N3CCN(c4ccccc4)CC3)C(c3ccc(Cl)c(Cl)c3)N21. The van der Waals surface area contributed by atoms with E-state index in [0.717, 1.165) is 10.7 Å². The highest BCUT2D eigenvalue weighted by Gasteiger charge is 2.52. The first-order valence-electron chi connectivity index (χ1n) is 12.0. The molecular formula is C26H27Cl2N5O3. The number of para-hydroxylation sites is 1. The van der Waals surface area contributed by atoms with Crippen LogP contribution in [0, 0.1) is 5.92 Å². The second-order valence-corrected chi connectivity index (χ2v) is 10.1. The van der Waals surface area contributed by atoms with Gasteiger partial charge in [-0.25, -0.2) is 5.01 Å². The number of fused-ring (bicyclic) bond motifs is 1. The quantitative estimate of drug-likeness (QED) is 0.606. The molecule has 10 heteroatoms. The summed E-state index contributed by atoms with van der Waals surface area (Å²) in [7, 11) is 0. The Morgan fingerprint density at radius 2 is 1.67 bits per heavy atom. The van der Waals surface area contributed by atoms with Gasteiger partial charge in [0.2, 0.25) is 17.7 Å². The van der Waals surface area contributed by atoms with Crippen LogP contribution in [0.3, 0.4) is 0 Å². The maximum absolute atomic E-state index is 14.0. The Balaban J connectivity index is 1.48. The number of imide groups is 1. The number of anilines is 1. The van der Waals surface area contributed by atoms with Crippen LogP contribution in [0.15, 0.2) is 53.5 Å². The molecular weight excluding hydrogens is 501 g/mol. The molecule has 3 aliphatic heterocycles. The minimum atomic E-state index is -0.686. The van der Waals surface area contributed by atoms with Crippen molar-refractivity contribution in [2.45, 2.75) is 32.5 Å². The summed E-state index contributed by atoms with van der Waals surface area (Å²) in [6.07, 6.45) is -0.481. The van der Waals surface area contributed by atoms with Gasteiger partial charge in [-0.15, -0.1) is 0 Å². The average molecular weight is 528 g/mol. The van der Waals surface area contributed by atoms with Gasteiger partial charge in [-0.1, -0.05) is 47.5 Å². The van der Waals surface area contributed by atoms with Crippen LogP contribution in [0.4, 0.5) is 5.69 Å². The minimum Gasteiger partial charge on any atom is -0.368 e. The van der Waals surface area contributed by atoms with Gasteiger partial charge in [-0.2, -0.15) is 5.01 Å². The molecule has 0 spiro atoms. The predicted molar refractivity (Wildman–Crippen MR) is 139 cm³/mol. The van der Waals surface area contributed by atoms with Gasteiger partial charge in [0.05, 0.1) is 28.4 Å². The summed E-state index contributed by atoms with van der Waals surface area (Å²) in [6.45, 7) is 5.71. The lowest BCUT2D eigenvalue weighted by Gasteiger charge is -2.45. The van der Waals surface area contributed by atoms with Gasteiger partial charge in [0.25, 0.3) is 0 Å². The van der Waals surface area contributed by atoms with Crippen molar-refractivity contribution >= 4 is 52.3 Å². The van der Waals surface area contributed by atoms with Gasteiger partial charge in [0.1, 0.15) is 6.17 Å². The fourth-order valence-electron chi connectivity index (χ4n) is 5.42. The van der Waals surface area contributed by atoms with E-state index in [4.69, 9.17) is 28.2 Å². The van der Waals surface area contributed by atoms with E-state index in [2.05, 4.69) is 17.0 Å². The van der Waals surface area contributed by atoms with Crippen LogP contribution in [0.2, 0.25) is 10.0 Å². The summed E-state index contributed by atoms with van der Waals surface area (Å²) in [5.74, 6) is -1.51. The Bertz CT molecular complexity index is 1230. The Kier molecular flexibility index (Phi) is 6.76. The van der Waals surface area contributed by atoms with Crippen LogP contribution < -0.4 is 4.90 Å². The Hall–Kier alpha value is -2.94. The van der Waals surface area contributed by atoms with Crippen molar-refractivity contribution in [2.75, 3.05) is 31.1 Å². The van der Waals surface area contributed by atoms with Crippen LogP contribution in [0.1, 0.15) is 31.9 Å². The third-order valence-corrected chi connectivity index (χ3v) is 7.83. The molecule has 0 aromatic heterocycles. The lowest BCUT2D eigenvalue weighted by atomic mass is 9.85. The maximum Gasteiger partial charge on any atom is 0.247 e. The highest BCUT2D eigenvalue weighted by Crippen LogP contribution is 2.43. The van der Waals surface area contributed by atoms with Crippen LogP contribution in [0.25, 0.3) is 0 Å². The van der Waals surface area contributed by atoms with E-state index >= 15 is 0 Å². The minimum absolute atomic E-state index is 0.0748. The first-order chi connectivity index (χ1) is 17.3. The second-order valence-electron chi connectivity index (χ2n) is 9.30. The summed E-state index contributed by atoms with van der Waals surface area (Å²) < 4.78 is 0. The summed E-state index contributed by atoms with van der Waals surface area (Å²) in [4.78, 5) is 48.2. The van der Waals surface area contributed by atoms with Crippen LogP contribution in [-0.2, 0) is 14.4 Å². The van der Waals surface area contributed by atoms with E-state index in [0.29, 0.717) is 47.5 Å². The number of hydrazine groups is 1. The number of rotatable bonds is 3. The van der Waals surface area contributed by atoms with Gasteiger partial charge < -0.3 is 9.80 Å². The number of nitrogens with zero attached hydrogens (tertiary/aromatic N) is 5. The van der Waals surface area contributed by atoms with Crippen molar-refractivity contribution < 1.29 is 14.4 Å². The molecule has 8 nitrogen and oxygen atoms in total. The molecule has 5 rings (SSSR count). The number of carbonyl (C=O) groups excluding carboxylic acids is 3. The first-order valence-corrected chi connectivity index (χ1v) is 12.7. The van der Waals surface area contributed by atoms with Gasteiger partial charge in [-0.05, 0) is 36.8 Å². The lowest BCUT2D eigenvalue weighted by molar-refractivity contribution is -0.164. The number of hydrogen-bond acceptors (Lipinski definition) is 6. The van der Waals surface area contributed by atoms with E-state index in [-0.39, 0.29) is 18.2 Å². The fourth-order valence-corrected chi connectivity index (χ4v) is 5.73. The van der Waals surface area contributed by atoms with E-state index in [9.17, 15) is 14.4 Å². The van der Waals surface area contributed by atoms with E-state index in [1.807, 2.05) is 30.0 Å². The third kappa shape index (κ3) is 4.38. The Morgan fingerprint density at radius 3 is 2.31 bits per heavy atom. The Labute approximate surface area is 220 Å². The average Bonchev–Trinajstić information content (AvgIpc) is 3.20. The third-order valence-electron chi connectivity index (χ3n) is 7.10. The van der Waals surface area contributed by atoms with Crippen molar-refractivity contribution in [2.24, 2.45) is 10.9 Å². The topological polar surface area (TPSA) is 76.5 Å². The van der Waals surface area contributed by atoms with Gasteiger partial charge in [0, 0.05) is 44.5 Å². The summed E-state index contributed by atoms with van der Waals surface area (Å²) in [5.41, 5.74) is 2.47. The number of amides is 3. The Morgan fingerprint density at radius 1 is 0.972 bits per heavy atom. The molecule has 0 radical (unpaired) electrons. The standard InChI is InChI=1S/C26H27Cl2N5O3/c1-16-24(26(36)31-12-10-30(11-13-31)19-6-4-3-5-7-19)25(18-8-9-20(27)21(28)14-18)33-22(29-16)15-23(35)32(33)17(2)34/h3-9,14,22,24-25H,10-13,15H2,1-2H3. The number of hydrogen-bond donors (Lipinski definition) is 0. The van der Waals surface area contributed by atoms with E-state index in [1.54, 1.807) is 23.2 Å². The van der Waals surface area contributed by atoms with E-state index < -0.39 is 24.0 Å². The largest absolute Gasteiger partial charge is 0.368 e. The predicted octanol–water partition coefficient (Wildman–Crippen LogP) is 3.80. The van der Waals surface area contributed by atoms with Crippen LogP contribution in [0.5, 0.6) is 0 Å². The molecule has 3 unspecified atom stereocenters. The zero-order valence-corrected chi connectivity index (χ0v) is 21.6. The zero-order chi connectivity index (χ0) is 25.6. The molecule has 3 heterocycles. The van der Waals surface area contributed by atoms with Gasteiger partial charge in [-0.3, -0.25) is 19.4 Å². The summed E-state index contributed by atoms with van der Waals surface area (Å²) >= 11 is 12.5. The molecule has 0 bridgehead atoms. The molecule has 3 aliphatic rings. The first kappa shape index (κ1) is 24.7. The van der Waals surface area contributed by atoms with Gasteiger partial charge >= 0.3 is 0 Å². The maximum atomic E-state index is 14.0. The molecule has 0 aliphatic carbocycles. The molecule has 2 saturated heterocycles. The molecule has 0 N–H and O–H groups in total. The molecule has 0 saturated carbocycles. The molecule has 36 heavy (non-hydrogen) atoms. The highest BCUT2D eigenvalue weighted by atomic mass is 35.5. The molecule has 188 valence electrons. The number of aliphatic imine (C=N–C) groups is 1. The van der Waals surface area contributed by atoms with Crippen molar-refractivity contribution in [3.63, 3.8) is 0 Å². The zero-order valence-electron chi connectivity index (χ0n) is 20.1. The fraction of sp³-hybridized carbons (Fsp3) is 0.385. The molecule has 2 aromatic rings. The van der Waals surface area contributed by atoms with Crippen molar-refractivity contribution in [1.82, 2.24) is 14.9 Å². The van der Waals surface area contributed by atoms with Crippen LogP contribution in [-0.4, -0.2) is 70.7 Å². The number of carbonyl (C=O) groups is 3. The van der Waals surface area contributed by atoms with Crippen molar-refractivity contribution in [3.05, 3.63) is 64.1 Å². The van der Waals surface area contributed by atoms with E-state index in [1.165, 1.54) is 6.92 Å². The smallest absolute Gasteiger partial charge is 0.247 e. The normalized spacial score (nSPS) is 24.6. The molecule has 2 aromatic carbocycles. The monoisotopic (exact) mass is 527 g/mol. The molecule has 2 fully saturated rings. The number of halogens is 2. The number of benzene rings is 2. The highest BCUT2D eigenvalue weighted by molar-refractivity contribution is 6.42. The lowest BCUT2D eigenvalue weighted by Crippen LogP contribution is -2.58.